The van der Waals surface area contributed by atoms with Crippen LogP contribution in [0, 0.1) is 0 Å². The Balaban J connectivity index is 2.13. The number of esters is 1. The van der Waals surface area contributed by atoms with Crippen molar-refractivity contribution in [2.24, 2.45) is 0 Å². The number of nitrogens with zero attached hydrogens (tertiary/aromatic N) is 1. The summed E-state index contributed by atoms with van der Waals surface area (Å²) in [6.07, 6.45) is 3.36. The van der Waals surface area contributed by atoms with Crippen molar-refractivity contribution >= 4 is 5.97 Å². The van der Waals surface area contributed by atoms with Crippen molar-refractivity contribution in [1.29, 1.82) is 0 Å². The molecule has 0 amide bonds. The summed E-state index contributed by atoms with van der Waals surface area (Å²) >= 11 is 0. The number of fused-ring (bicyclic) bond motifs is 2. The van der Waals surface area contributed by atoms with Crippen molar-refractivity contribution in [1.82, 2.24) is 4.90 Å². The van der Waals surface area contributed by atoms with Crippen molar-refractivity contribution in [3.05, 3.63) is 35.1 Å². The molecule has 0 fully saturated rings. The highest BCUT2D eigenvalue weighted by Gasteiger charge is 2.40. The molecular formula is C22H31NO5. The van der Waals surface area contributed by atoms with E-state index in [9.17, 15) is 4.79 Å². The number of carbonyl (C=O) groups excluding carboxylic acids is 1. The second-order valence-electron chi connectivity index (χ2n) is 7.38. The smallest absolute Gasteiger partial charge is 0.303 e. The molecule has 1 aromatic rings. The highest BCUT2D eigenvalue weighted by atomic mass is 16.7. The van der Waals surface area contributed by atoms with Gasteiger partial charge in [-0.15, -0.1) is 0 Å². The molecule has 3 atom stereocenters. The summed E-state index contributed by atoms with van der Waals surface area (Å²) in [6, 6.07) is 4.31. The highest BCUT2D eigenvalue weighted by Crippen LogP contribution is 2.43. The minimum atomic E-state index is -0.501. The van der Waals surface area contributed by atoms with E-state index in [1.165, 1.54) is 12.5 Å². The molecule has 28 heavy (non-hydrogen) atoms. The van der Waals surface area contributed by atoms with Gasteiger partial charge in [0, 0.05) is 25.4 Å². The van der Waals surface area contributed by atoms with Crippen LogP contribution in [0.2, 0.25) is 0 Å². The maximum absolute atomic E-state index is 12.0. The molecule has 0 bridgehead atoms. The van der Waals surface area contributed by atoms with Crippen LogP contribution in [0.4, 0.5) is 0 Å². The van der Waals surface area contributed by atoms with Crippen molar-refractivity contribution in [2.45, 2.75) is 58.6 Å². The molecule has 154 valence electrons. The van der Waals surface area contributed by atoms with E-state index in [-0.39, 0.29) is 24.7 Å². The maximum atomic E-state index is 12.0. The van der Waals surface area contributed by atoms with Gasteiger partial charge >= 0.3 is 5.97 Å². The molecule has 0 saturated carbocycles. The molecule has 1 aromatic carbocycles. The summed E-state index contributed by atoms with van der Waals surface area (Å²) in [4.78, 5) is 14.4. The van der Waals surface area contributed by atoms with E-state index in [0.717, 1.165) is 43.0 Å². The fourth-order valence-electron chi connectivity index (χ4n) is 4.39. The van der Waals surface area contributed by atoms with Gasteiger partial charge in [-0.25, -0.2) is 0 Å². The van der Waals surface area contributed by atoms with E-state index in [1.807, 2.05) is 13.0 Å². The van der Waals surface area contributed by atoms with Gasteiger partial charge in [-0.2, -0.15) is 0 Å². The topological polar surface area (TPSA) is 57.2 Å². The molecule has 3 unspecified atom stereocenters. The van der Waals surface area contributed by atoms with Gasteiger partial charge in [0.15, 0.2) is 17.6 Å². The van der Waals surface area contributed by atoms with Gasteiger partial charge < -0.3 is 18.9 Å². The average Bonchev–Trinajstić information content (AvgIpc) is 3.07. The third-order valence-electron chi connectivity index (χ3n) is 5.69. The first kappa shape index (κ1) is 20.5. The van der Waals surface area contributed by atoms with Crippen LogP contribution in [0.5, 0.6) is 11.5 Å². The number of hydrogen-bond donors (Lipinski definition) is 0. The zero-order valence-electron chi connectivity index (χ0n) is 17.5. The largest absolute Gasteiger partial charge is 0.497 e. The highest BCUT2D eigenvalue weighted by molar-refractivity contribution is 5.66. The Kier molecular flexibility index (Phi) is 6.50. The molecule has 0 saturated heterocycles. The quantitative estimate of drug-likeness (QED) is 0.547. The molecule has 2 aliphatic rings. The number of methoxy groups -OCH3 is 1. The molecule has 2 heterocycles. The van der Waals surface area contributed by atoms with Gasteiger partial charge in [0.1, 0.15) is 5.76 Å². The van der Waals surface area contributed by atoms with E-state index in [0.29, 0.717) is 5.76 Å². The van der Waals surface area contributed by atoms with Crippen LogP contribution in [0.25, 0.3) is 0 Å². The number of hydrogen-bond acceptors (Lipinski definition) is 6. The Morgan fingerprint density at radius 3 is 2.68 bits per heavy atom. The molecule has 0 aliphatic carbocycles. The predicted molar refractivity (Wildman–Crippen MR) is 107 cm³/mol. The maximum Gasteiger partial charge on any atom is 0.303 e. The number of rotatable bonds is 6. The third-order valence-corrected chi connectivity index (χ3v) is 5.69. The lowest BCUT2D eigenvalue weighted by Gasteiger charge is -2.37. The second-order valence-corrected chi connectivity index (χ2v) is 7.38. The summed E-state index contributed by atoms with van der Waals surface area (Å²) in [5, 5.41) is 0. The summed E-state index contributed by atoms with van der Waals surface area (Å²) < 4.78 is 22.7. The van der Waals surface area contributed by atoms with Gasteiger partial charge in [-0.05, 0) is 62.6 Å². The van der Waals surface area contributed by atoms with Crippen molar-refractivity contribution in [3.8, 4) is 11.5 Å². The normalized spacial score (nSPS) is 23.0. The molecule has 0 N–H and O–H groups in total. The predicted octanol–water partition coefficient (Wildman–Crippen LogP) is 3.64. The fraction of sp³-hybridized carbons (Fsp3) is 0.591. The van der Waals surface area contributed by atoms with E-state index < -0.39 is 6.10 Å². The number of carbonyl (C=O) groups is 1. The molecule has 2 aliphatic heterocycles. The van der Waals surface area contributed by atoms with Crippen molar-refractivity contribution in [2.75, 3.05) is 27.0 Å². The van der Waals surface area contributed by atoms with Crippen LogP contribution in [0.1, 0.15) is 51.2 Å². The Morgan fingerprint density at radius 2 is 2.07 bits per heavy atom. The Labute approximate surface area is 167 Å². The number of benzene rings is 1. The molecule has 0 radical (unpaired) electrons. The standard InChI is InChI=1S/C22H31NO5/c1-6-9-23-10-8-16-11-19-20(27-13-26-19)12-17(16)21(14(23)3)22(28-15(4)24)18(7-2)25-5/h7,11-12,14,21-22H,6,8-10,13H2,1-5H3/b18-7+. The minimum Gasteiger partial charge on any atom is -0.497 e. The molecule has 6 heteroatoms. The Hall–Kier alpha value is -2.21. The van der Waals surface area contributed by atoms with Crippen LogP contribution >= 0.6 is 0 Å². The number of allylic oxidation sites excluding steroid dienone is 1. The Bertz CT molecular complexity index is 745. The average molecular weight is 389 g/mol. The summed E-state index contributed by atoms with van der Waals surface area (Å²) in [5.74, 6) is 1.81. The third kappa shape index (κ3) is 3.97. The summed E-state index contributed by atoms with van der Waals surface area (Å²) in [5.41, 5.74) is 2.35. The zero-order valence-corrected chi connectivity index (χ0v) is 17.5. The molecule has 3 rings (SSSR count). The van der Waals surface area contributed by atoms with Crippen LogP contribution in [0.15, 0.2) is 24.0 Å². The zero-order chi connectivity index (χ0) is 20.3. The van der Waals surface area contributed by atoms with Crippen LogP contribution in [-0.2, 0) is 20.7 Å². The minimum absolute atomic E-state index is 0.0754. The lowest BCUT2D eigenvalue weighted by atomic mass is 9.83. The first-order chi connectivity index (χ1) is 13.5. The van der Waals surface area contributed by atoms with E-state index in [4.69, 9.17) is 18.9 Å². The monoisotopic (exact) mass is 389 g/mol. The first-order valence-corrected chi connectivity index (χ1v) is 10.0. The van der Waals surface area contributed by atoms with Gasteiger partial charge in [-0.3, -0.25) is 9.69 Å². The molecular weight excluding hydrogens is 358 g/mol. The van der Waals surface area contributed by atoms with Crippen LogP contribution < -0.4 is 9.47 Å². The van der Waals surface area contributed by atoms with Gasteiger partial charge in [-0.1, -0.05) is 6.92 Å². The van der Waals surface area contributed by atoms with E-state index >= 15 is 0 Å². The SMILES string of the molecule is C/C=C(/OC)C(OC(C)=O)C1c2cc3c(cc2CCN(CCC)C1C)OCO3. The molecule has 0 aromatic heterocycles. The van der Waals surface area contributed by atoms with E-state index in [1.54, 1.807) is 7.11 Å². The van der Waals surface area contributed by atoms with Gasteiger partial charge in [0.25, 0.3) is 0 Å². The number of ether oxygens (including phenoxy) is 4. The lowest BCUT2D eigenvalue weighted by molar-refractivity contribution is -0.148. The Morgan fingerprint density at radius 1 is 1.36 bits per heavy atom. The first-order valence-electron chi connectivity index (χ1n) is 10.0. The summed E-state index contributed by atoms with van der Waals surface area (Å²) in [6.45, 7) is 9.92. The van der Waals surface area contributed by atoms with Crippen LogP contribution in [-0.4, -0.2) is 50.0 Å². The fourth-order valence-corrected chi connectivity index (χ4v) is 4.39. The van der Waals surface area contributed by atoms with Crippen molar-refractivity contribution < 1.29 is 23.7 Å². The summed E-state index contributed by atoms with van der Waals surface area (Å²) in [7, 11) is 1.62. The molecule has 0 spiro atoms. The van der Waals surface area contributed by atoms with Crippen molar-refractivity contribution in [3.63, 3.8) is 0 Å². The van der Waals surface area contributed by atoms with Crippen LogP contribution in [0.3, 0.4) is 0 Å². The molecule has 6 nitrogen and oxygen atoms in total. The second kappa shape index (κ2) is 8.86. The van der Waals surface area contributed by atoms with E-state index in [2.05, 4.69) is 30.9 Å². The van der Waals surface area contributed by atoms with Gasteiger partial charge in [0.05, 0.1) is 7.11 Å². The van der Waals surface area contributed by atoms with Gasteiger partial charge in [0.2, 0.25) is 6.79 Å². The lowest BCUT2D eigenvalue weighted by Crippen LogP contribution is -2.43.